The molecule has 1 unspecified atom stereocenters. The van der Waals surface area contributed by atoms with Crippen LogP contribution >= 0.6 is 0 Å². The fourth-order valence-electron chi connectivity index (χ4n) is 1.14. The van der Waals surface area contributed by atoms with Gasteiger partial charge in [0.15, 0.2) is 0 Å². The van der Waals surface area contributed by atoms with Crippen LogP contribution in [0.1, 0.15) is 25.7 Å². The van der Waals surface area contributed by atoms with Crippen molar-refractivity contribution in [2.24, 2.45) is 0 Å². The first kappa shape index (κ1) is 7.32. The van der Waals surface area contributed by atoms with Gasteiger partial charge >= 0.3 is 0 Å². The molecule has 0 bridgehead atoms. The van der Waals surface area contributed by atoms with Gasteiger partial charge in [-0.2, -0.15) is 0 Å². The lowest BCUT2D eigenvalue weighted by Crippen LogP contribution is -2.06. The second-order valence-corrected chi connectivity index (χ2v) is 2.48. The smallest absolute Gasteiger partial charge is 0.293 e. The minimum Gasteiger partial charge on any atom is -0.460 e. The van der Waals surface area contributed by atoms with Crippen molar-refractivity contribution in [2.75, 3.05) is 0 Å². The third kappa shape index (κ3) is 2.21. The fraction of sp³-hybridized carbons (Fsp3) is 0.625. The van der Waals surface area contributed by atoms with Gasteiger partial charge in [-0.25, -0.2) is 0 Å². The van der Waals surface area contributed by atoms with Gasteiger partial charge in [-0.1, -0.05) is 6.08 Å². The van der Waals surface area contributed by atoms with Crippen LogP contribution in [-0.4, -0.2) is 12.6 Å². The summed E-state index contributed by atoms with van der Waals surface area (Å²) in [5.74, 6) is 0. The SMILES string of the molecule is O=COC1C=CCCCC1. The molecule has 1 rings (SSSR count). The summed E-state index contributed by atoms with van der Waals surface area (Å²) in [6.45, 7) is 0.528. The van der Waals surface area contributed by atoms with Crippen LogP contribution in [0, 0.1) is 0 Å². The summed E-state index contributed by atoms with van der Waals surface area (Å²) < 4.78 is 4.80. The number of carbonyl (C=O) groups is 1. The maximum Gasteiger partial charge on any atom is 0.293 e. The van der Waals surface area contributed by atoms with E-state index >= 15 is 0 Å². The Labute approximate surface area is 60.9 Å². The van der Waals surface area contributed by atoms with E-state index in [4.69, 9.17) is 4.74 Å². The third-order valence-electron chi connectivity index (χ3n) is 1.69. The van der Waals surface area contributed by atoms with E-state index in [-0.39, 0.29) is 6.10 Å². The topological polar surface area (TPSA) is 26.3 Å². The highest BCUT2D eigenvalue weighted by atomic mass is 16.5. The highest BCUT2D eigenvalue weighted by molar-refractivity contribution is 5.38. The summed E-state index contributed by atoms with van der Waals surface area (Å²) in [7, 11) is 0. The van der Waals surface area contributed by atoms with Gasteiger partial charge in [-0.15, -0.1) is 0 Å². The number of allylic oxidation sites excluding steroid dienone is 1. The van der Waals surface area contributed by atoms with Crippen molar-refractivity contribution in [3.8, 4) is 0 Å². The first-order chi connectivity index (χ1) is 4.93. The molecular weight excluding hydrogens is 128 g/mol. The van der Waals surface area contributed by atoms with Crippen LogP contribution in [0.4, 0.5) is 0 Å². The molecule has 1 aliphatic carbocycles. The van der Waals surface area contributed by atoms with Crippen molar-refractivity contribution in [3.63, 3.8) is 0 Å². The van der Waals surface area contributed by atoms with Crippen LogP contribution in [0.15, 0.2) is 12.2 Å². The molecule has 0 N–H and O–H groups in total. The average Bonchev–Trinajstić information content (AvgIpc) is 2.17. The van der Waals surface area contributed by atoms with Gasteiger partial charge in [0.25, 0.3) is 6.47 Å². The molecule has 0 fully saturated rings. The van der Waals surface area contributed by atoms with Crippen LogP contribution in [0.25, 0.3) is 0 Å². The summed E-state index contributed by atoms with van der Waals surface area (Å²) in [6.07, 6.45) is 8.58. The van der Waals surface area contributed by atoms with Crippen molar-refractivity contribution in [2.45, 2.75) is 31.8 Å². The summed E-state index contributed by atoms with van der Waals surface area (Å²) in [5, 5.41) is 0. The Morgan fingerprint density at radius 1 is 1.50 bits per heavy atom. The standard InChI is InChI=1S/C8H12O2/c9-7-10-8-5-3-1-2-4-6-8/h3,5,7-8H,1-2,4,6H2. The average molecular weight is 140 g/mol. The van der Waals surface area contributed by atoms with E-state index in [9.17, 15) is 4.79 Å². The maximum atomic E-state index is 9.93. The Kier molecular flexibility index (Phi) is 3.00. The quantitative estimate of drug-likeness (QED) is 0.430. The minimum absolute atomic E-state index is 0.0417. The molecule has 0 aliphatic heterocycles. The first-order valence-corrected chi connectivity index (χ1v) is 3.69. The molecule has 0 saturated carbocycles. The number of hydrogen-bond acceptors (Lipinski definition) is 2. The molecule has 1 atom stereocenters. The summed E-state index contributed by atoms with van der Waals surface area (Å²) >= 11 is 0. The van der Waals surface area contributed by atoms with E-state index in [0.29, 0.717) is 6.47 Å². The van der Waals surface area contributed by atoms with Crippen LogP contribution in [0.5, 0.6) is 0 Å². The predicted octanol–water partition coefficient (Wildman–Crippen LogP) is 1.66. The number of hydrogen-bond donors (Lipinski definition) is 0. The van der Waals surface area contributed by atoms with E-state index < -0.39 is 0 Å². The zero-order valence-corrected chi connectivity index (χ0v) is 5.95. The first-order valence-electron chi connectivity index (χ1n) is 3.69. The molecule has 0 radical (unpaired) electrons. The van der Waals surface area contributed by atoms with Crippen LogP contribution in [-0.2, 0) is 9.53 Å². The van der Waals surface area contributed by atoms with Crippen LogP contribution < -0.4 is 0 Å². The van der Waals surface area contributed by atoms with Gasteiger partial charge in [0.2, 0.25) is 0 Å². The van der Waals surface area contributed by atoms with Crippen molar-refractivity contribution in [3.05, 3.63) is 12.2 Å². The Hall–Kier alpha value is -0.790. The number of ether oxygens (including phenoxy) is 1. The molecule has 0 aromatic rings. The molecule has 2 nitrogen and oxygen atoms in total. The van der Waals surface area contributed by atoms with Gasteiger partial charge < -0.3 is 4.74 Å². The Morgan fingerprint density at radius 2 is 2.40 bits per heavy atom. The zero-order chi connectivity index (χ0) is 7.23. The van der Waals surface area contributed by atoms with Crippen molar-refractivity contribution in [1.29, 1.82) is 0 Å². The van der Waals surface area contributed by atoms with Gasteiger partial charge in [0.05, 0.1) is 0 Å². The molecule has 0 saturated heterocycles. The van der Waals surface area contributed by atoms with Crippen molar-refractivity contribution in [1.82, 2.24) is 0 Å². The lowest BCUT2D eigenvalue weighted by Gasteiger charge is -2.06. The van der Waals surface area contributed by atoms with Crippen LogP contribution in [0.3, 0.4) is 0 Å². The van der Waals surface area contributed by atoms with E-state index in [0.717, 1.165) is 19.3 Å². The van der Waals surface area contributed by atoms with Crippen molar-refractivity contribution < 1.29 is 9.53 Å². The lowest BCUT2D eigenvalue weighted by atomic mass is 10.2. The summed E-state index contributed by atoms with van der Waals surface area (Å²) in [4.78, 5) is 9.93. The van der Waals surface area contributed by atoms with Gasteiger partial charge in [0, 0.05) is 0 Å². The van der Waals surface area contributed by atoms with Gasteiger partial charge in [-0.3, -0.25) is 4.79 Å². The monoisotopic (exact) mass is 140 g/mol. The molecule has 1 aliphatic rings. The fourth-order valence-corrected chi connectivity index (χ4v) is 1.14. The molecule has 0 amide bonds. The lowest BCUT2D eigenvalue weighted by molar-refractivity contribution is -0.131. The number of rotatable bonds is 2. The summed E-state index contributed by atoms with van der Waals surface area (Å²) in [6, 6.07) is 0. The number of carbonyl (C=O) groups excluding carboxylic acids is 1. The molecule has 0 heterocycles. The Morgan fingerprint density at radius 3 is 3.20 bits per heavy atom. The minimum atomic E-state index is 0.0417. The van der Waals surface area contributed by atoms with E-state index in [1.807, 2.05) is 6.08 Å². The normalized spacial score (nSPS) is 25.4. The highest BCUT2D eigenvalue weighted by Gasteiger charge is 2.06. The van der Waals surface area contributed by atoms with E-state index in [2.05, 4.69) is 6.08 Å². The largest absolute Gasteiger partial charge is 0.460 e. The summed E-state index contributed by atoms with van der Waals surface area (Å²) in [5.41, 5.74) is 0. The van der Waals surface area contributed by atoms with Crippen LogP contribution in [0.2, 0.25) is 0 Å². The zero-order valence-electron chi connectivity index (χ0n) is 5.95. The maximum absolute atomic E-state index is 9.93. The molecule has 56 valence electrons. The molecule has 0 aromatic heterocycles. The third-order valence-corrected chi connectivity index (χ3v) is 1.69. The van der Waals surface area contributed by atoms with Gasteiger partial charge in [-0.05, 0) is 31.8 Å². The molecule has 0 spiro atoms. The Balaban J connectivity index is 2.33. The van der Waals surface area contributed by atoms with E-state index in [1.165, 1.54) is 6.42 Å². The molecular formula is C8H12O2. The molecule has 0 aromatic carbocycles. The second kappa shape index (κ2) is 4.09. The Bertz CT molecular complexity index is 129. The van der Waals surface area contributed by atoms with Crippen molar-refractivity contribution >= 4 is 6.47 Å². The van der Waals surface area contributed by atoms with E-state index in [1.54, 1.807) is 0 Å². The molecule has 2 heteroatoms. The van der Waals surface area contributed by atoms with Gasteiger partial charge in [0.1, 0.15) is 6.10 Å². The predicted molar refractivity (Wildman–Crippen MR) is 38.5 cm³/mol. The second-order valence-electron chi connectivity index (χ2n) is 2.48. The molecule has 10 heavy (non-hydrogen) atoms. The highest BCUT2D eigenvalue weighted by Crippen LogP contribution is 2.12.